The Bertz CT molecular complexity index is 576. The van der Waals surface area contributed by atoms with Crippen molar-refractivity contribution in [3.63, 3.8) is 0 Å². The Morgan fingerprint density at radius 2 is 2.16 bits per heavy atom. The van der Waals surface area contributed by atoms with Gasteiger partial charge in [-0.15, -0.1) is 0 Å². The fourth-order valence-electron chi connectivity index (χ4n) is 1.65. The van der Waals surface area contributed by atoms with Crippen LogP contribution in [0, 0.1) is 18.3 Å². The third kappa shape index (κ3) is 4.31. The number of sulfonamides is 1. The zero-order valence-corrected chi connectivity index (χ0v) is 11.9. The Hall–Kier alpha value is -1.42. The van der Waals surface area contributed by atoms with Gasteiger partial charge in [0, 0.05) is 6.54 Å². The zero-order valence-electron chi connectivity index (χ0n) is 11.0. The number of nitrogens with zero attached hydrogens (tertiary/aromatic N) is 1. The third-order valence-electron chi connectivity index (χ3n) is 2.76. The fraction of sp³-hybridized carbons (Fsp3) is 0.462. The van der Waals surface area contributed by atoms with E-state index in [0.717, 1.165) is 6.42 Å². The number of aliphatic hydroxyl groups excluding tert-OH is 1. The minimum atomic E-state index is -3.64. The molecule has 0 fully saturated rings. The summed E-state index contributed by atoms with van der Waals surface area (Å²) in [7, 11) is -3.64. The van der Waals surface area contributed by atoms with Gasteiger partial charge in [0.25, 0.3) is 0 Å². The van der Waals surface area contributed by atoms with Crippen LogP contribution in [0.15, 0.2) is 23.1 Å². The molecule has 1 atom stereocenters. The molecule has 0 saturated carbocycles. The fourth-order valence-corrected chi connectivity index (χ4v) is 2.81. The van der Waals surface area contributed by atoms with Crippen molar-refractivity contribution < 1.29 is 13.5 Å². The van der Waals surface area contributed by atoms with Crippen molar-refractivity contribution in [2.75, 3.05) is 6.54 Å². The van der Waals surface area contributed by atoms with Crippen molar-refractivity contribution in [2.45, 2.75) is 37.7 Å². The molecule has 0 aliphatic heterocycles. The number of hydrogen-bond acceptors (Lipinski definition) is 4. The number of aryl methyl sites for hydroxylation is 1. The van der Waals surface area contributed by atoms with E-state index in [9.17, 15) is 13.5 Å². The SMILES string of the molecule is CCCC(O)CNS(=O)(=O)c1ccc(C#N)c(C)c1. The van der Waals surface area contributed by atoms with Crippen LogP contribution in [-0.4, -0.2) is 26.2 Å². The maximum absolute atomic E-state index is 12.0. The molecule has 6 heteroatoms. The van der Waals surface area contributed by atoms with E-state index in [4.69, 9.17) is 5.26 Å². The van der Waals surface area contributed by atoms with E-state index < -0.39 is 16.1 Å². The summed E-state index contributed by atoms with van der Waals surface area (Å²) in [5, 5.41) is 18.3. The van der Waals surface area contributed by atoms with Crippen LogP contribution in [0.4, 0.5) is 0 Å². The molecule has 2 N–H and O–H groups in total. The minimum absolute atomic E-state index is 0.00474. The van der Waals surface area contributed by atoms with Crippen LogP contribution in [-0.2, 0) is 10.0 Å². The molecule has 1 aromatic carbocycles. The van der Waals surface area contributed by atoms with E-state index in [1.165, 1.54) is 18.2 Å². The van der Waals surface area contributed by atoms with E-state index in [0.29, 0.717) is 17.5 Å². The zero-order chi connectivity index (χ0) is 14.5. The maximum Gasteiger partial charge on any atom is 0.240 e. The van der Waals surface area contributed by atoms with Gasteiger partial charge in [0.1, 0.15) is 0 Å². The molecule has 0 aliphatic carbocycles. The van der Waals surface area contributed by atoms with Crippen molar-refractivity contribution >= 4 is 10.0 Å². The normalized spacial score (nSPS) is 12.9. The van der Waals surface area contributed by atoms with E-state index in [2.05, 4.69) is 4.72 Å². The third-order valence-corrected chi connectivity index (χ3v) is 4.18. The number of nitriles is 1. The number of benzene rings is 1. The average Bonchev–Trinajstić information content (AvgIpc) is 2.37. The molecule has 0 radical (unpaired) electrons. The largest absolute Gasteiger partial charge is 0.392 e. The van der Waals surface area contributed by atoms with Crippen molar-refractivity contribution in [3.8, 4) is 6.07 Å². The lowest BCUT2D eigenvalue weighted by atomic mass is 10.1. The number of rotatable bonds is 6. The van der Waals surface area contributed by atoms with Crippen LogP contribution < -0.4 is 4.72 Å². The molecule has 1 aromatic rings. The summed E-state index contributed by atoms with van der Waals surface area (Å²) in [4.78, 5) is 0.104. The molecule has 1 rings (SSSR count). The monoisotopic (exact) mass is 282 g/mol. The molecule has 0 saturated heterocycles. The molecule has 1 unspecified atom stereocenters. The van der Waals surface area contributed by atoms with Gasteiger partial charge in [0.2, 0.25) is 10.0 Å². The van der Waals surface area contributed by atoms with Gasteiger partial charge in [-0.1, -0.05) is 13.3 Å². The first kappa shape index (κ1) is 15.6. The Balaban J connectivity index is 2.84. The summed E-state index contributed by atoms with van der Waals surface area (Å²) >= 11 is 0. The lowest BCUT2D eigenvalue weighted by Gasteiger charge is -2.11. The first-order chi connectivity index (χ1) is 8.90. The van der Waals surface area contributed by atoms with Gasteiger partial charge in [-0.3, -0.25) is 0 Å². The molecular formula is C13H18N2O3S. The van der Waals surface area contributed by atoms with E-state index in [1.54, 1.807) is 6.92 Å². The summed E-state index contributed by atoms with van der Waals surface area (Å²) in [5.41, 5.74) is 1.06. The van der Waals surface area contributed by atoms with Crippen LogP contribution in [0.5, 0.6) is 0 Å². The average molecular weight is 282 g/mol. The van der Waals surface area contributed by atoms with Gasteiger partial charge in [0.05, 0.1) is 22.6 Å². The molecule has 0 spiro atoms. The van der Waals surface area contributed by atoms with Crippen LogP contribution in [0.3, 0.4) is 0 Å². The lowest BCUT2D eigenvalue weighted by molar-refractivity contribution is 0.167. The highest BCUT2D eigenvalue weighted by Crippen LogP contribution is 2.14. The standard InChI is InChI=1S/C13H18N2O3S/c1-3-4-12(16)9-15-19(17,18)13-6-5-11(8-14)10(2)7-13/h5-7,12,15-16H,3-4,9H2,1-2H3. The van der Waals surface area contributed by atoms with Gasteiger partial charge in [-0.25, -0.2) is 13.1 Å². The van der Waals surface area contributed by atoms with E-state index >= 15 is 0 Å². The molecule has 0 heterocycles. The van der Waals surface area contributed by atoms with Gasteiger partial charge in [-0.05, 0) is 37.1 Å². The second-order valence-electron chi connectivity index (χ2n) is 4.38. The van der Waals surface area contributed by atoms with Crippen LogP contribution in [0.1, 0.15) is 30.9 Å². The summed E-state index contributed by atoms with van der Waals surface area (Å²) in [6, 6.07) is 6.30. The van der Waals surface area contributed by atoms with Crippen LogP contribution >= 0.6 is 0 Å². The number of hydrogen-bond donors (Lipinski definition) is 2. The van der Waals surface area contributed by atoms with Crippen LogP contribution in [0.25, 0.3) is 0 Å². The second-order valence-corrected chi connectivity index (χ2v) is 6.15. The molecule has 5 nitrogen and oxygen atoms in total. The molecule has 0 aromatic heterocycles. The molecular weight excluding hydrogens is 264 g/mol. The topological polar surface area (TPSA) is 90.2 Å². The number of nitrogens with one attached hydrogen (secondary N) is 1. The highest BCUT2D eigenvalue weighted by molar-refractivity contribution is 7.89. The maximum atomic E-state index is 12.0. The summed E-state index contributed by atoms with van der Waals surface area (Å²) in [5.74, 6) is 0. The molecule has 19 heavy (non-hydrogen) atoms. The number of aliphatic hydroxyl groups is 1. The Kier molecular flexibility index (Phi) is 5.48. The first-order valence-corrected chi connectivity index (χ1v) is 7.57. The lowest BCUT2D eigenvalue weighted by Crippen LogP contribution is -2.32. The summed E-state index contributed by atoms with van der Waals surface area (Å²) in [6.45, 7) is 3.60. The summed E-state index contributed by atoms with van der Waals surface area (Å²) in [6.07, 6.45) is 0.660. The molecule has 0 amide bonds. The first-order valence-electron chi connectivity index (χ1n) is 6.09. The van der Waals surface area contributed by atoms with Crippen molar-refractivity contribution in [1.82, 2.24) is 4.72 Å². The highest BCUT2D eigenvalue weighted by Gasteiger charge is 2.16. The Morgan fingerprint density at radius 1 is 1.47 bits per heavy atom. The minimum Gasteiger partial charge on any atom is -0.392 e. The molecule has 104 valence electrons. The summed E-state index contributed by atoms with van der Waals surface area (Å²) < 4.78 is 26.3. The van der Waals surface area contributed by atoms with Gasteiger partial charge >= 0.3 is 0 Å². The van der Waals surface area contributed by atoms with Gasteiger partial charge in [0.15, 0.2) is 0 Å². The van der Waals surface area contributed by atoms with Crippen LogP contribution in [0.2, 0.25) is 0 Å². The Morgan fingerprint density at radius 3 is 2.68 bits per heavy atom. The van der Waals surface area contributed by atoms with Gasteiger partial charge < -0.3 is 5.11 Å². The Labute approximate surface area is 113 Å². The van der Waals surface area contributed by atoms with Gasteiger partial charge in [-0.2, -0.15) is 5.26 Å². The highest BCUT2D eigenvalue weighted by atomic mass is 32.2. The quantitative estimate of drug-likeness (QED) is 0.823. The molecule has 0 bridgehead atoms. The van der Waals surface area contributed by atoms with E-state index in [1.807, 2.05) is 13.0 Å². The predicted molar refractivity (Wildman–Crippen MR) is 72.0 cm³/mol. The smallest absolute Gasteiger partial charge is 0.240 e. The van der Waals surface area contributed by atoms with E-state index in [-0.39, 0.29) is 11.4 Å². The predicted octanol–water partition coefficient (Wildman–Crippen LogP) is 1.31. The molecule has 0 aliphatic rings. The van der Waals surface area contributed by atoms with Crippen molar-refractivity contribution in [1.29, 1.82) is 5.26 Å². The van der Waals surface area contributed by atoms with Crippen molar-refractivity contribution in [3.05, 3.63) is 29.3 Å². The second kappa shape index (κ2) is 6.66. The van der Waals surface area contributed by atoms with Crippen molar-refractivity contribution in [2.24, 2.45) is 0 Å².